The summed E-state index contributed by atoms with van der Waals surface area (Å²) in [6.45, 7) is 4.87. The van der Waals surface area contributed by atoms with E-state index in [1.54, 1.807) is 16.7 Å². The highest BCUT2D eigenvalue weighted by Gasteiger charge is 2.29. The van der Waals surface area contributed by atoms with E-state index in [1.165, 1.54) is 5.56 Å². The van der Waals surface area contributed by atoms with Gasteiger partial charge in [-0.05, 0) is 49.2 Å². The molecule has 0 aliphatic rings. The zero-order valence-corrected chi connectivity index (χ0v) is 22.1. The smallest absolute Gasteiger partial charge is 0.243 e. The fourth-order valence-corrected chi connectivity index (χ4v) is 4.77. The van der Waals surface area contributed by atoms with Crippen molar-refractivity contribution in [2.45, 2.75) is 44.2 Å². The Morgan fingerprint density at radius 2 is 1.62 bits per heavy atom. The standard InChI is InChI=1S/C28H31BrN2O2S/c1-3-30-28(33)26(19-22-7-5-4-6-8-22)31(20-23-11-13-24(29)14-12-23)27(32)17-18-34-25-15-9-21(2)10-16-25/h4-16,26H,3,17-20H2,1-2H3,(H,30,33). The topological polar surface area (TPSA) is 49.4 Å². The summed E-state index contributed by atoms with van der Waals surface area (Å²) in [5, 5.41) is 2.94. The van der Waals surface area contributed by atoms with Crippen molar-refractivity contribution in [2.75, 3.05) is 12.3 Å². The van der Waals surface area contributed by atoms with Crippen LogP contribution in [0, 0.1) is 6.92 Å². The van der Waals surface area contributed by atoms with Crippen LogP contribution in [0.3, 0.4) is 0 Å². The van der Waals surface area contributed by atoms with Crippen molar-refractivity contribution in [3.8, 4) is 0 Å². The third-order valence-corrected chi connectivity index (χ3v) is 7.04. The van der Waals surface area contributed by atoms with Crippen molar-refractivity contribution >= 4 is 39.5 Å². The first-order valence-corrected chi connectivity index (χ1v) is 13.3. The molecule has 0 fully saturated rings. The Kier molecular flexibility index (Phi) is 10.2. The van der Waals surface area contributed by atoms with Gasteiger partial charge in [-0.2, -0.15) is 0 Å². The monoisotopic (exact) mass is 538 g/mol. The van der Waals surface area contributed by atoms with Gasteiger partial charge in [0, 0.05) is 41.1 Å². The number of aryl methyl sites for hydroxylation is 1. The highest BCUT2D eigenvalue weighted by molar-refractivity contribution is 9.10. The number of hydrogen-bond donors (Lipinski definition) is 1. The number of likely N-dealkylation sites (N-methyl/N-ethyl adjacent to an activating group) is 1. The molecule has 3 rings (SSSR count). The number of carbonyl (C=O) groups is 2. The lowest BCUT2D eigenvalue weighted by Crippen LogP contribution is -2.50. The van der Waals surface area contributed by atoms with Crippen LogP contribution in [0.5, 0.6) is 0 Å². The van der Waals surface area contributed by atoms with Crippen LogP contribution in [0.25, 0.3) is 0 Å². The van der Waals surface area contributed by atoms with Crippen LogP contribution < -0.4 is 5.32 Å². The largest absolute Gasteiger partial charge is 0.355 e. The molecule has 0 radical (unpaired) electrons. The molecule has 4 nitrogen and oxygen atoms in total. The van der Waals surface area contributed by atoms with E-state index in [1.807, 2.05) is 61.5 Å². The molecule has 3 aromatic rings. The molecule has 0 spiro atoms. The number of hydrogen-bond acceptors (Lipinski definition) is 3. The number of carbonyl (C=O) groups excluding carboxylic acids is 2. The van der Waals surface area contributed by atoms with Gasteiger partial charge >= 0.3 is 0 Å². The number of benzene rings is 3. The molecule has 0 bridgehead atoms. The maximum absolute atomic E-state index is 13.5. The molecule has 0 heterocycles. The van der Waals surface area contributed by atoms with Crippen molar-refractivity contribution < 1.29 is 9.59 Å². The first-order valence-electron chi connectivity index (χ1n) is 11.5. The Balaban J connectivity index is 1.81. The summed E-state index contributed by atoms with van der Waals surface area (Å²) in [4.78, 5) is 29.6. The lowest BCUT2D eigenvalue weighted by molar-refractivity contribution is -0.140. The lowest BCUT2D eigenvalue weighted by Gasteiger charge is -2.31. The van der Waals surface area contributed by atoms with Crippen LogP contribution in [-0.2, 0) is 22.6 Å². The molecule has 1 N–H and O–H groups in total. The second-order valence-corrected chi connectivity index (χ2v) is 10.2. The first-order chi connectivity index (χ1) is 16.5. The second kappa shape index (κ2) is 13.4. The minimum absolute atomic E-state index is 0.0188. The molecule has 0 aromatic heterocycles. The number of rotatable bonds is 11. The van der Waals surface area contributed by atoms with Crippen LogP contribution in [-0.4, -0.2) is 35.1 Å². The summed E-state index contributed by atoms with van der Waals surface area (Å²) in [6.07, 6.45) is 0.833. The molecule has 0 aliphatic heterocycles. The van der Waals surface area contributed by atoms with Gasteiger partial charge in [-0.3, -0.25) is 9.59 Å². The van der Waals surface area contributed by atoms with Crippen molar-refractivity contribution in [3.05, 3.63) is 100 Å². The molecule has 1 unspecified atom stereocenters. The highest BCUT2D eigenvalue weighted by Crippen LogP contribution is 2.22. The molecule has 34 heavy (non-hydrogen) atoms. The molecule has 1 atom stereocenters. The van der Waals surface area contributed by atoms with E-state index in [9.17, 15) is 9.59 Å². The van der Waals surface area contributed by atoms with E-state index in [2.05, 4.69) is 52.4 Å². The van der Waals surface area contributed by atoms with Crippen LogP contribution in [0.15, 0.2) is 88.2 Å². The van der Waals surface area contributed by atoms with Crippen molar-refractivity contribution in [1.82, 2.24) is 10.2 Å². The van der Waals surface area contributed by atoms with E-state index in [0.717, 1.165) is 20.5 Å². The summed E-state index contributed by atoms with van der Waals surface area (Å²) >= 11 is 5.13. The first kappa shape index (κ1) is 26.0. The number of thioether (sulfide) groups is 1. The molecule has 0 saturated carbocycles. The Hall–Kier alpha value is -2.57. The molecule has 3 aromatic carbocycles. The Morgan fingerprint density at radius 3 is 2.26 bits per heavy atom. The van der Waals surface area contributed by atoms with Crippen LogP contribution >= 0.6 is 27.7 Å². The maximum atomic E-state index is 13.5. The maximum Gasteiger partial charge on any atom is 0.243 e. The van der Waals surface area contributed by atoms with Gasteiger partial charge in [0.25, 0.3) is 0 Å². The summed E-state index contributed by atoms with van der Waals surface area (Å²) in [5.74, 6) is 0.518. The van der Waals surface area contributed by atoms with Gasteiger partial charge in [0.2, 0.25) is 11.8 Å². The highest BCUT2D eigenvalue weighted by atomic mass is 79.9. The predicted molar refractivity (Wildman–Crippen MR) is 144 cm³/mol. The Morgan fingerprint density at radius 1 is 0.941 bits per heavy atom. The number of amides is 2. The SMILES string of the molecule is CCNC(=O)C(Cc1ccccc1)N(Cc1ccc(Br)cc1)C(=O)CCSc1ccc(C)cc1. The van der Waals surface area contributed by atoms with E-state index in [0.29, 0.717) is 31.7 Å². The number of nitrogens with one attached hydrogen (secondary N) is 1. The fraction of sp³-hybridized carbons (Fsp3) is 0.286. The molecule has 178 valence electrons. The van der Waals surface area contributed by atoms with Gasteiger partial charge in [0.1, 0.15) is 6.04 Å². The third-order valence-electron chi connectivity index (χ3n) is 5.49. The minimum Gasteiger partial charge on any atom is -0.355 e. The van der Waals surface area contributed by atoms with E-state index in [-0.39, 0.29) is 11.8 Å². The molecule has 0 saturated heterocycles. The second-order valence-electron chi connectivity index (χ2n) is 8.16. The number of halogens is 1. The van der Waals surface area contributed by atoms with Gasteiger partial charge in [0.05, 0.1) is 0 Å². The van der Waals surface area contributed by atoms with Gasteiger partial charge < -0.3 is 10.2 Å². The quantitative estimate of drug-likeness (QED) is 0.304. The molecular weight excluding hydrogens is 508 g/mol. The van der Waals surface area contributed by atoms with Crippen molar-refractivity contribution in [2.24, 2.45) is 0 Å². The number of nitrogens with zero attached hydrogens (tertiary/aromatic N) is 1. The Labute approximate surface area is 215 Å². The zero-order valence-electron chi connectivity index (χ0n) is 19.7. The van der Waals surface area contributed by atoms with Gasteiger partial charge in [0.15, 0.2) is 0 Å². The van der Waals surface area contributed by atoms with Gasteiger partial charge in [-0.25, -0.2) is 0 Å². The van der Waals surface area contributed by atoms with E-state index >= 15 is 0 Å². The van der Waals surface area contributed by atoms with Crippen molar-refractivity contribution in [1.29, 1.82) is 0 Å². The van der Waals surface area contributed by atoms with E-state index in [4.69, 9.17) is 0 Å². The minimum atomic E-state index is -0.581. The van der Waals surface area contributed by atoms with Gasteiger partial charge in [-0.15, -0.1) is 11.8 Å². The normalized spacial score (nSPS) is 11.6. The van der Waals surface area contributed by atoms with Crippen LogP contribution in [0.4, 0.5) is 0 Å². The summed E-state index contributed by atoms with van der Waals surface area (Å²) in [6, 6.07) is 25.5. The van der Waals surface area contributed by atoms with Gasteiger partial charge in [-0.1, -0.05) is 76.1 Å². The van der Waals surface area contributed by atoms with E-state index < -0.39 is 6.04 Å². The summed E-state index contributed by atoms with van der Waals surface area (Å²) in [7, 11) is 0. The zero-order chi connectivity index (χ0) is 24.3. The fourth-order valence-electron chi connectivity index (χ4n) is 3.67. The average Bonchev–Trinajstić information content (AvgIpc) is 2.84. The van der Waals surface area contributed by atoms with Crippen molar-refractivity contribution in [3.63, 3.8) is 0 Å². The molecule has 0 aliphatic carbocycles. The third kappa shape index (κ3) is 8.03. The molecule has 6 heteroatoms. The van der Waals surface area contributed by atoms with Crippen LogP contribution in [0.2, 0.25) is 0 Å². The molecular formula is C28H31BrN2O2S. The Bertz CT molecular complexity index is 1060. The lowest BCUT2D eigenvalue weighted by atomic mass is 10.0. The average molecular weight is 540 g/mol. The molecule has 2 amide bonds. The predicted octanol–water partition coefficient (Wildman–Crippen LogP) is 6.02. The summed E-state index contributed by atoms with van der Waals surface area (Å²) < 4.78 is 0.980. The summed E-state index contributed by atoms with van der Waals surface area (Å²) in [5.41, 5.74) is 3.23. The van der Waals surface area contributed by atoms with Crippen LogP contribution in [0.1, 0.15) is 30.0 Å².